The maximum atomic E-state index is 12.1. The summed E-state index contributed by atoms with van der Waals surface area (Å²) in [4.78, 5) is 13.3. The second kappa shape index (κ2) is 6.12. The van der Waals surface area contributed by atoms with Crippen LogP contribution in [0.1, 0.15) is 10.4 Å². The number of carbonyl (C=O) groups is 1. The molecule has 0 fully saturated rings. The van der Waals surface area contributed by atoms with Crippen molar-refractivity contribution >= 4 is 45.0 Å². The van der Waals surface area contributed by atoms with Crippen LogP contribution < -0.4 is 11.1 Å². The van der Waals surface area contributed by atoms with Crippen LogP contribution in [0.25, 0.3) is 0 Å². The van der Waals surface area contributed by atoms with Gasteiger partial charge in [-0.2, -0.15) is 0 Å². The molecule has 0 bridgehead atoms. The van der Waals surface area contributed by atoms with Crippen LogP contribution in [0.15, 0.2) is 51.8 Å². The molecule has 0 atom stereocenters. The highest BCUT2D eigenvalue weighted by atomic mass is 79.9. The van der Waals surface area contributed by atoms with Gasteiger partial charge in [0.1, 0.15) is 0 Å². The fourth-order valence-corrected chi connectivity index (χ4v) is 2.37. The second-order valence-electron chi connectivity index (χ2n) is 3.91. The molecule has 3 N–H and O–H groups in total. The first-order valence-electron chi connectivity index (χ1n) is 5.60. The van der Waals surface area contributed by atoms with Gasteiger partial charge < -0.3 is 11.1 Å². The number of thioether (sulfide) groups is 1. The molecule has 1 amide bonds. The van der Waals surface area contributed by atoms with Gasteiger partial charge in [-0.05, 0) is 48.7 Å². The van der Waals surface area contributed by atoms with Crippen LogP contribution in [0.3, 0.4) is 0 Å². The number of nitrogen functional groups attached to an aromatic ring is 1. The van der Waals surface area contributed by atoms with E-state index in [9.17, 15) is 4.79 Å². The Morgan fingerprint density at radius 1 is 1.21 bits per heavy atom. The van der Waals surface area contributed by atoms with Crippen molar-refractivity contribution in [2.45, 2.75) is 4.90 Å². The lowest BCUT2D eigenvalue weighted by Crippen LogP contribution is -2.13. The van der Waals surface area contributed by atoms with E-state index >= 15 is 0 Å². The molecular formula is C14H13BrN2OS. The van der Waals surface area contributed by atoms with E-state index in [1.165, 1.54) is 0 Å². The predicted molar refractivity (Wildman–Crippen MR) is 84.7 cm³/mol. The first-order chi connectivity index (χ1) is 9.10. The SMILES string of the molecule is CSc1ccc(NC(=O)c2cc(Br)ccc2N)cc1. The van der Waals surface area contributed by atoms with E-state index in [2.05, 4.69) is 21.2 Å². The number of rotatable bonds is 3. The molecular weight excluding hydrogens is 324 g/mol. The molecule has 0 aromatic heterocycles. The van der Waals surface area contributed by atoms with Crippen molar-refractivity contribution in [2.75, 3.05) is 17.3 Å². The first kappa shape index (κ1) is 14.0. The van der Waals surface area contributed by atoms with Gasteiger partial charge >= 0.3 is 0 Å². The van der Waals surface area contributed by atoms with Gasteiger partial charge in [0.05, 0.1) is 5.56 Å². The third kappa shape index (κ3) is 3.52. The van der Waals surface area contributed by atoms with Crippen molar-refractivity contribution in [3.05, 3.63) is 52.5 Å². The van der Waals surface area contributed by atoms with Crippen LogP contribution in [0, 0.1) is 0 Å². The quantitative estimate of drug-likeness (QED) is 0.657. The smallest absolute Gasteiger partial charge is 0.257 e. The minimum absolute atomic E-state index is 0.212. The number of benzene rings is 2. The van der Waals surface area contributed by atoms with Crippen LogP contribution >= 0.6 is 27.7 Å². The van der Waals surface area contributed by atoms with Gasteiger partial charge in [0.2, 0.25) is 0 Å². The molecule has 0 aliphatic carbocycles. The molecule has 0 saturated carbocycles. The van der Waals surface area contributed by atoms with Crippen molar-refractivity contribution in [1.82, 2.24) is 0 Å². The van der Waals surface area contributed by atoms with Gasteiger partial charge in [0.15, 0.2) is 0 Å². The summed E-state index contributed by atoms with van der Waals surface area (Å²) in [6.07, 6.45) is 2.01. The molecule has 0 unspecified atom stereocenters. The van der Waals surface area contributed by atoms with E-state index in [0.717, 1.165) is 15.1 Å². The molecule has 5 heteroatoms. The molecule has 2 aromatic rings. The highest BCUT2D eigenvalue weighted by Gasteiger charge is 2.10. The normalized spacial score (nSPS) is 10.2. The Kier molecular flexibility index (Phi) is 4.50. The number of anilines is 2. The van der Waals surface area contributed by atoms with Crippen LogP contribution in [0.2, 0.25) is 0 Å². The summed E-state index contributed by atoms with van der Waals surface area (Å²) < 4.78 is 0.824. The molecule has 19 heavy (non-hydrogen) atoms. The Bertz CT molecular complexity index is 599. The Morgan fingerprint density at radius 2 is 1.89 bits per heavy atom. The van der Waals surface area contributed by atoms with Crippen molar-refractivity contribution in [1.29, 1.82) is 0 Å². The van der Waals surface area contributed by atoms with Crippen molar-refractivity contribution in [3.8, 4) is 0 Å². The van der Waals surface area contributed by atoms with Crippen molar-refractivity contribution in [3.63, 3.8) is 0 Å². The summed E-state index contributed by atoms with van der Waals surface area (Å²) in [6.45, 7) is 0. The number of carbonyl (C=O) groups excluding carboxylic acids is 1. The Hall–Kier alpha value is -1.46. The highest BCUT2D eigenvalue weighted by molar-refractivity contribution is 9.10. The average Bonchev–Trinajstić information content (AvgIpc) is 2.42. The number of hydrogen-bond donors (Lipinski definition) is 2. The molecule has 0 radical (unpaired) electrons. The standard InChI is InChI=1S/C14H13BrN2OS/c1-19-11-5-3-10(4-6-11)17-14(18)12-8-9(15)2-7-13(12)16/h2-8H,16H2,1H3,(H,17,18). The molecule has 0 aliphatic rings. The molecule has 0 saturated heterocycles. The molecule has 98 valence electrons. The van der Waals surface area contributed by atoms with E-state index in [1.54, 1.807) is 30.0 Å². The van der Waals surface area contributed by atoms with Gasteiger partial charge in [-0.3, -0.25) is 4.79 Å². The lowest BCUT2D eigenvalue weighted by molar-refractivity contribution is 0.102. The molecule has 0 aliphatic heterocycles. The van der Waals surface area contributed by atoms with Crippen molar-refractivity contribution < 1.29 is 4.79 Å². The number of nitrogens with one attached hydrogen (secondary N) is 1. The molecule has 3 nitrogen and oxygen atoms in total. The van der Waals surface area contributed by atoms with Crippen LogP contribution in [-0.4, -0.2) is 12.2 Å². The number of nitrogens with two attached hydrogens (primary N) is 1. The number of hydrogen-bond acceptors (Lipinski definition) is 3. The largest absolute Gasteiger partial charge is 0.398 e. The molecule has 2 aromatic carbocycles. The number of amides is 1. The molecule has 2 rings (SSSR count). The van der Waals surface area contributed by atoms with E-state index in [-0.39, 0.29) is 5.91 Å². The maximum Gasteiger partial charge on any atom is 0.257 e. The Morgan fingerprint density at radius 3 is 2.53 bits per heavy atom. The van der Waals surface area contributed by atoms with Gasteiger partial charge in [-0.1, -0.05) is 15.9 Å². The van der Waals surface area contributed by atoms with Crippen LogP contribution in [-0.2, 0) is 0 Å². The van der Waals surface area contributed by atoms with Crippen molar-refractivity contribution in [2.24, 2.45) is 0 Å². The van der Waals surface area contributed by atoms with E-state index in [4.69, 9.17) is 5.73 Å². The number of halogens is 1. The highest BCUT2D eigenvalue weighted by Crippen LogP contribution is 2.21. The topological polar surface area (TPSA) is 55.1 Å². The Labute approximate surface area is 124 Å². The maximum absolute atomic E-state index is 12.1. The molecule has 0 spiro atoms. The van der Waals surface area contributed by atoms with Gasteiger partial charge in [-0.25, -0.2) is 0 Å². The summed E-state index contributed by atoms with van der Waals surface area (Å²) in [6, 6.07) is 12.9. The zero-order valence-electron chi connectivity index (χ0n) is 10.3. The lowest BCUT2D eigenvalue weighted by atomic mass is 10.1. The fourth-order valence-electron chi connectivity index (χ4n) is 1.60. The zero-order valence-corrected chi connectivity index (χ0v) is 12.7. The summed E-state index contributed by atoms with van der Waals surface area (Å²) >= 11 is 4.99. The van der Waals surface area contributed by atoms with Crippen LogP contribution in [0.5, 0.6) is 0 Å². The van der Waals surface area contributed by atoms with Gasteiger partial charge in [-0.15, -0.1) is 11.8 Å². The van der Waals surface area contributed by atoms with E-state index < -0.39 is 0 Å². The summed E-state index contributed by atoms with van der Waals surface area (Å²) in [5, 5.41) is 2.83. The summed E-state index contributed by atoms with van der Waals surface area (Å²) in [5.74, 6) is -0.212. The first-order valence-corrected chi connectivity index (χ1v) is 7.62. The average molecular weight is 337 g/mol. The predicted octanol–water partition coefficient (Wildman–Crippen LogP) is 4.01. The van der Waals surface area contributed by atoms with E-state index in [1.807, 2.05) is 30.5 Å². The minimum atomic E-state index is -0.212. The molecule has 0 heterocycles. The van der Waals surface area contributed by atoms with Gasteiger partial charge in [0.25, 0.3) is 5.91 Å². The fraction of sp³-hybridized carbons (Fsp3) is 0.0714. The summed E-state index contributed by atoms with van der Waals surface area (Å²) in [7, 11) is 0. The van der Waals surface area contributed by atoms with Crippen LogP contribution in [0.4, 0.5) is 11.4 Å². The third-order valence-electron chi connectivity index (χ3n) is 2.61. The Balaban J connectivity index is 2.18. The minimum Gasteiger partial charge on any atom is -0.398 e. The van der Waals surface area contributed by atoms with Gasteiger partial charge in [0, 0.05) is 20.7 Å². The zero-order chi connectivity index (χ0) is 13.8. The monoisotopic (exact) mass is 336 g/mol. The lowest BCUT2D eigenvalue weighted by Gasteiger charge is -2.08. The van der Waals surface area contributed by atoms with E-state index in [0.29, 0.717) is 11.3 Å². The second-order valence-corrected chi connectivity index (χ2v) is 5.71. The third-order valence-corrected chi connectivity index (χ3v) is 3.84. The summed E-state index contributed by atoms with van der Waals surface area (Å²) in [5.41, 5.74) is 7.48.